The average molecular weight is 306 g/mol. The van der Waals surface area contributed by atoms with Gasteiger partial charge in [0.05, 0.1) is 11.4 Å². The van der Waals surface area contributed by atoms with Crippen LogP contribution in [0.4, 0.5) is 0 Å². The Morgan fingerprint density at radius 3 is 3.00 bits per heavy atom. The van der Waals surface area contributed by atoms with Gasteiger partial charge in [-0.15, -0.1) is 5.10 Å². The first-order valence-electron chi connectivity index (χ1n) is 6.82. The van der Waals surface area contributed by atoms with E-state index in [2.05, 4.69) is 20.9 Å². The van der Waals surface area contributed by atoms with Crippen LogP contribution in [0.5, 0.6) is 0 Å². The fourth-order valence-corrected chi connectivity index (χ4v) is 2.39. The van der Waals surface area contributed by atoms with E-state index in [-0.39, 0.29) is 5.91 Å². The van der Waals surface area contributed by atoms with Crippen LogP contribution in [0.15, 0.2) is 24.3 Å². The van der Waals surface area contributed by atoms with E-state index < -0.39 is 0 Å². The van der Waals surface area contributed by atoms with E-state index in [1.54, 1.807) is 16.8 Å². The van der Waals surface area contributed by atoms with Crippen LogP contribution in [0.3, 0.4) is 0 Å². The third kappa shape index (κ3) is 2.91. The molecule has 1 aliphatic heterocycles. The second kappa shape index (κ2) is 5.83. The van der Waals surface area contributed by atoms with Gasteiger partial charge in [0.15, 0.2) is 5.69 Å². The highest BCUT2D eigenvalue weighted by molar-refractivity contribution is 6.30. The molecule has 0 bridgehead atoms. The minimum absolute atomic E-state index is 0.187. The molecule has 2 aromatic rings. The molecule has 0 spiro atoms. The van der Waals surface area contributed by atoms with E-state index in [0.717, 1.165) is 18.8 Å². The second-order valence-electron chi connectivity index (χ2n) is 5.15. The lowest BCUT2D eigenvalue weighted by molar-refractivity contribution is 0.0936. The SMILES string of the molecule is Cc1c(C(=O)NCC2CNC2)nnn1-c1cccc(Cl)c1. The van der Waals surface area contributed by atoms with Gasteiger partial charge in [-0.25, -0.2) is 4.68 Å². The van der Waals surface area contributed by atoms with Crippen LogP contribution in [-0.2, 0) is 0 Å². The van der Waals surface area contributed by atoms with E-state index in [1.165, 1.54) is 0 Å². The molecule has 0 atom stereocenters. The molecule has 1 aromatic carbocycles. The van der Waals surface area contributed by atoms with Crippen molar-refractivity contribution in [2.24, 2.45) is 5.92 Å². The number of nitrogens with one attached hydrogen (secondary N) is 2. The predicted molar refractivity (Wildman–Crippen MR) is 79.8 cm³/mol. The summed E-state index contributed by atoms with van der Waals surface area (Å²) in [4.78, 5) is 12.1. The molecule has 2 N–H and O–H groups in total. The lowest BCUT2D eigenvalue weighted by atomic mass is 10.0. The summed E-state index contributed by atoms with van der Waals surface area (Å²) < 4.78 is 1.62. The number of amides is 1. The van der Waals surface area contributed by atoms with Gasteiger partial charge in [0.1, 0.15) is 0 Å². The standard InChI is InChI=1S/C14H16ClN5O/c1-9-13(14(21)17-8-10-6-16-7-10)18-19-20(9)12-4-2-3-11(15)5-12/h2-5,10,16H,6-8H2,1H3,(H,17,21). The fraction of sp³-hybridized carbons (Fsp3) is 0.357. The molecule has 7 heteroatoms. The summed E-state index contributed by atoms with van der Waals surface area (Å²) in [7, 11) is 0. The summed E-state index contributed by atoms with van der Waals surface area (Å²) in [5.74, 6) is 0.324. The Labute approximate surface area is 127 Å². The molecular formula is C14H16ClN5O. The monoisotopic (exact) mass is 305 g/mol. The Kier molecular flexibility index (Phi) is 3.90. The number of carbonyl (C=O) groups is 1. The summed E-state index contributed by atoms with van der Waals surface area (Å²) in [6.07, 6.45) is 0. The number of hydrogen-bond donors (Lipinski definition) is 2. The Hall–Kier alpha value is -1.92. The zero-order valence-electron chi connectivity index (χ0n) is 11.6. The number of benzene rings is 1. The fourth-order valence-electron chi connectivity index (χ4n) is 2.21. The van der Waals surface area contributed by atoms with Crippen molar-refractivity contribution in [3.8, 4) is 5.69 Å². The summed E-state index contributed by atoms with van der Waals surface area (Å²) >= 11 is 5.98. The Morgan fingerprint density at radius 2 is 2.33 bits per heavy atom. The smallest absolute Gasteiger partial charge is 0.273 e. The molecule has 6 nitrogen and oxygen atoms in total. The van der Waals surface area contributed by atoms with Crippen molar-refractivity contribution in [1.29, 1.82) is 0 Å². The average Bonchev–Trinajstić information content (AvgIpc) is 2.78. The summed E-state index contributed by atoms with van der Waals surface area (Å²) in [6.45, 7) is 4.39. The van der Waals surface area contributed by atoms with E-state index in [4.69, 9.17) is 11.6 Å². The molecule has 1 aromatic heterocycles. The minimum Gasteiger partial charge on any atom is -0.350 e. The highest BCUT2D eigenvalue weighted by atomic mass is 35.5. The molecule has 1 saturated heterocycles. The zero-order valence-corrected chi connectivity index (χ0v) is 12.4. The van der Waals surface area contributed by atoms with E-state index in [1.807, 2.05) is 19.1 Å². The third-order valence-corrected chi connectivity index (χ3v) is 3.81. The van der Waals surface area contributed by atoms with Gasteiger partial charge < -0.3 is 10.6 Å². The van der Waals surface area contributed by atoms with Crippen molar-refractivity contribution in [1.82, 2.24) is 25.6 Å². The summed E-state index contributed by atoms with van der Waals surface area (Å²) in [5, 5.41) is 14.7. The Bertz CT molecular complexity index is 665. The van der Waals surface area contributed by atoms with E-state index >= 15 is 0 Å². The van der Waals surface area contributed by atoms with Gasteiger partial charge in [-0.1, -0.05) is 22.9 Å². The molecule has 0 aliphatic carbocycles. The van der Waals surface area contributed by atoms with Crippen LogP contribution in [0.25, 0.3) is 5.69 Å². The maximum absolute atomic E-state index is 12.1. The van der Waals surface area contributed by atoms with Crippen molar-refractivity contribution in [2.45, 2.75) is 6.92 Å². The van der Waals surface area contributed by atoms with Gasteiger partial charge in [-0.2, -0.15) is 0 Å². The Balaban J connectivity index is 1.76. The maximum Gasteiger partial charge on any atom is 0.273 e. The number of nitrogens with zero attached hydrogens (tertiary/aromatic N) is 3. The predicted octanol–water partition coefficient (Wildman–Crippen LogP) is 1.18. The van der Waals surface area contributed by atoms with Crippen molar-refractivity contribution in [3.63, 3.8) is 0 Å². The van der Waals surface area contributed by atoms with Gasteiger partial charge in [-0.3, -0.25) is 4.79 Å². The van der Waals surface area contributed by atoms with Crippen LogP contribution < -0.4 is 10.6 Å². The topological polar surface area (TPSA) is 71.8 Å². The molecule has 110 valence electrons. The van der Waals surface area contributed by atoms with Gasteiger partial charge in [-0.05, 0) is 25.1 Å². The normalized spacial score (nSPS) is 14.8. The minimum atomic E-state index is -0.187. The van der Waals surface area contributed by atoms with Gasteiger partial charge in [0, 0.05) is 30.6 Å². The molecule has 21 heavy (non-hydrogen) atoms. The molecule has 1 fully saturated rings. The zero-order chi connectivity index (χ0) is 14.8. The number of aromatic nitrogens is 3. The van der Waals surface area contributed by atoms with Crippen LogP contribution in [0.1, 0.15) is 16.2 Å². The molecule has 1 amide bonds. The maximum atomic E-state index is 12.1. The second-order valence-corrected chi connectivity index (χ2v) is 5.59. The molecule has 2 heterocycles. The first-order valence-corrected chi connectivity index (χ1v) is 7.20. The first-order chi connectivity index (χ1) is 10.1. The van der Waals surface area contributed by atoms with E-state index in [0.29, 0.717) is 28.9 Å². The molecule has 0 unspecified atom stereocenters. The van der Waals surface area contributed by atoms with Gasteiger partial charge in [0.2, 0.25) is 0 Å². The molecule has 3 rings (SSSR count). The number of hydrogen-bond acceptors (Lipinski definition) is 4. The highest BCUT2D eigenvalue weighted by Crippen LogP contribution is 2.16. The summed E-state index contributed by atoms with van der Waals surface area (Å²) in [6, 6.07) is 7.28. The molecule has 0 saturated carbocycles. The summed E-state index contributed by atoms with van der Waals surface area (Å²) in [5.41, 5.74) is 1.83. The Morgan fingerprint density at radius 1 is 1.52 bits per heavy atom. The number of carbonyl (C=O) groups excluding carboxylic acids is 1. The highest BCUT2D eigenvalue weighted by Gasteiger charge is 2.21. The van der Waals surface area contributed by atoms with E-state index in [9.17, 15) is 4.79 Å². The number of rotatable bonds is 4. The number of halogens is 1. The van der Waals surface area contributed by atoms with Crippen LogP contribution in [0, 0.1) is 12.8 Å². The molecular weight excluding hydrogens is 290 g/mol. The van der Waals surface area contributed by atoms with Crippen molar-refractivity contribution in [3.05, 3.63) is 40.7 Å². The quantitative estimate of drug-likeness (QED) is 0.890. The van der Waals surface area contributed by atoms with Crippen molar-refractivity contribution in [2.75, 3.05) is 19.6 Å². The van der Waals surface area contributed by atoms with Crippen LogP contribution in [0.2, 0.25) is 5.02 Å². The van der Waals surface area contributed by atoms with Crippen molar-refractivity contribution >= 4 is 17.5 Å². The van der Waals surface area contributed by atoms with Crippen LogP contribution >= 0.6 is 11.6 Å². The van der Waals surface area contributed by atoms with Crippen LogP contribution in [-0.4, -0.2) is 40.5 Å². The van der Waals surface area contributed by atoms with Crippen molar-refractivity contribution < 1.29 is 4.79 Å². The lowest BCUT2D eigenvalue weighted by Crippen LogP contribution is -2.48. The van der Waals surface area contributed by atoms with Gasteiger partial charge in [0.25, 0.3) is 5.91 Å². The van der Waals surface area contributed by atoms with Gasteiger partial charge >= 0.3 is 0 Å². The third-order valence-electron chi connectivity index (χ3n) is 3.58. The molecule has 1 aliphatic rings. The first kappa shape index (κ1) is 14.0. The largest absolute Gasteiger partial charge is 0.350 e. The lowest BCUT2D eigenvalue weighted by Gasteiger charge is -2.26. The molecule has 0 radical (unpaired) electrons.